The molecule has 0 heterocycles. The quantitative estimate of drug-likeness (QED) is 0.785. The van der Waals surface area contributed by atoms with Crippen molar-refractivity contribution >= 4 is 5.97 Å². The van der Waals surface area contributed by atoms with E-state index >= 15 is 0 Å². The van der Waals surface area contributed by atoms with Crippen molar-refractivity contribution in [1.82, 2.24) is 0 Å². The van der Waals surface area contributed by atoms with Crippen LogP contribution in [0.2, 0.25) is 0 Å². The summed E-state index contributed by atoms with van der Waals surface area (Å²) in [6.07, 6.45) is 0. The molecule has 0 radical (unpaired) electrons. The van der Waals surface area contributed by atoms with Crippen molar-refractivity contribution in [3.63, 3.8) is 0 Å². The van der Waals surface area contributed by atoms with Gasteiger partial charge in [0, 0.05) is 5.56 Å². The molecule has 0 fully saturated rings. The van der Waals surface area contributed by atoms with Crippen LogP contribution in [0.1, 0.15) is 17.3 Å². The van der Waals surface area contributed by atoms with Gasteiger partial charge in [0.2, 0.25) is 0 Å². The van der Waals surface area contributed by atoms with Gasteiger partial charge in [-0.1, -0.05) is 30.3 Å². The number of hydrogen-bond acceptors (Lipinski definition) is 3. The van der Waals surface area contributed by atoms with Crippen molar-refractivity contribution in [2.24, 2.45) is 0 Å². The summed E-state index contributed by atoms with van der Waals surface area (Å²) in [7, 11) is 1.63. The van der Waals surface area contributed by atoms with Crippen LogP contribution in [0, 0.1) is 0 Å². The minimum atomic E-state index is -0.306. The molecule has 0 saturated carbocycles. The Kier molecular flexibility index (Phi) is 4.18. The lowest BCUT2D eigenvalue weighted by atomic mass is 10.0. The van der Waals surface area contributed by atoms with Crippen LogP contribution in [0.5, 0.6) is 5.75 Å². The number of benzene rings is 2. The molecule has 2 aromatic rings. The first-order valence-electron chi connectivity index (χ1n) is 6.17. The fraction of sp³-hybridized carbons (Fsp3) is 0.188. The van der Waals surface area contributed by atoms with E-state index < -0.39 is 0 Å². The number of esters is 1. The molecular formula is C16H16O3. The van der Waals surface area contributed by atoms with Crippen LogP contribution in [0.25, 0.3) is 11.1 Å². The van der Waals surface area contributed by atoms with Crippen molar-refractivity contribution in [3.8, 4) is 16.9 Å². The second-order valence-corrected chi connectivity index (χ2v) is 4.00. The average Bonchev–Trinajstić information content (AvgIpc) is 2.47. The first-order chi connectivity index (χ1) is 9.26. The number of ether oxygens (including phenoxy) is 2. The van der Waals surface area contributed by atoms with Crippen LogP contribution in [0.15, 0.2) is 48.5 Å². The molecule has 0 N–H and O–H groups in total. The lowest BCUT2D eigenvalue weighted by Crippen LogP contribution is -2.04. The SMILES string of the molecule is CCOC(=O)c1cccc(-c2ccccc2OC)c1. The monoisotopic (exact) mass is 256 g/mol. The Morgan fingerprint density at radius 3 is 2.63 bits per heavy atom. The molecule has 0 atom stereocenters. The second-order valence-electron chi connectivity index (χ2n) is 4.00. The molecular weight excluding hydrogens is 240 g/mol. The van der Waals surface area contributed by atoms with Gasteiger partial charge in [0.25, 0.3) is 0 Å². The number of hydrogen-bond donors (Lipinski definition) is 0. The fourth-order valence-electron chi connectivity index (χ4n) is 1.91. The molecule has 0 aliphatic rings. The average molecular weight is 256 g/mol. The molecule has 0 saturated heterocycles. The third-order valence-electron chi connectivity index (χ3n) is 2.79. The van der Waals surface area contributed by atoms with Crippen LogP contribution in [-0.2, 0) is 4.74 Å². The van der Waals surface area contributed by atoms with Crippen LogP contribution in [0.3, 0.4) is 0 Å². The maximum atomic E-state index is 11.7. The third kappa shape index (κ3) is 2.94. The largest absolute Gasteiger partial charge is 0.496 e. The molecule has 3 nitrogen and oxygen atoms in total. The highest BCUT2D eigenvalue weighted by atomic mass is 16.5. The normalized spacial score (nSPS) is 10.0. The number of rotatable bonds is 4. The Labute approximate surface area is 112 Å². The standard InChI is InChI=1S/C16H16O3/c1-3-19-16(17)13-8-6-7-12(11-13)14-9-4-5-10-15(14)18-2/h4-11H,3H2,1-2H3. The summed E-state index contributed by atoms with van der Waals surface area (Å²) in [6, 6.07) is 15.1. The molecule has 0 aliphatic carbocycles. The maximum absolute atomic E-state index is 11.7. The van der Waals surface area contributed by atoms with Crippen molar-refractivity contribution in [3.05, 3.63) is 54.1 Å². The molecule has 19 heavy (non-hydrogen) atoms. The highest BCUT2D eigenvalue weighted by Gasteiger charge is 2.09. The molecule has 98 valence electrons. The molecule has 0 aromatic heterocycles. The van der Waals surface area contributed by atoms with Crippen LogP contribution >= 0.6 is 0 Å². The molecule has 0 unspecified atom stereocenters. The van der Waals surface area contributed by atoms with E-state index in [0.29, 0.717) is 12.2 Å². The van der Waals surface area contributed by atoms with Gasteiger partial charge in [0.05, 0.1) is 19.3 Å². The Hall–Kier alpha value is -2.29. The molecule has 2 aromatic carbocycles. The lowest BCUT2D eigenvalue weighted by Gasteiger charge is -2.09. The lowest BCUT2D eigenvalue weighted by molar-refractivity contribution is 0.0526. The van der Waals surface area contributed by atoms with E-state index in [2.05, 4.69) is 0 Å². The summed E-state index contributed by atoms with van der Waals surface area (Å²) < 4.78 is 10.3. The van der Waals surface area contributed by atoms with Crippen molar-refractivity contribution in [2.45, 2.75) is 6.92 Å². The molecule has 0 bridgehead atoms. The zero-order valence-corrected chi connectivity index (χ0v) is 11.1. The van der Waals surface area contributed by atoms with E-state index in [0.717, 1.165) is 16.9 Å². The predicted octanol–water partition coefficient (Wildman–Crippen LogP) is 3.54. The van der Waals surface area contributed by atoms with Gasteiger partial charge in [0.1, 0.15) is 5.75 Å². The smallest absolute Gasteiger partial charge is 0.338 e. The summed E-state index contributed by atoms with van der Waals surface area (Å²) in [4.78, 5) is 11.7. The molecule has 3 heteroatoms. The molecule has 0 aliphatic heterocycles. The Morgan fingerprint density at radius 2 is 1.89 bits per heavy atom. The van der Waals surface area contributed by atoms with Gasteiger partial charge in [-0.3, -0.25) is 0 Å². The van der Waals surface area contributed by atoms with Gasteiger partial charge < -0.3 is 9.47 Å². The zero-order chi connectivity index (χ0) is 13.7. The highest BCUT2D eigenvalue weighted by Crippen LogP contribution is 2.29. The van der Waals surface area contributed by atoms with Gasteiger partial charge >= 0.3 is 5.97 Å². The summed E-state index contributed by atoms with van der Waals surface area (Å²) in [5, 5.41) is 0. The third-order valence-corrected chi connectivity index (χ3v) is 2.79. The van der Waals surface area contributed by atoms with E-state index in [1.807, 2.05) is 42.5 Å². The van der Waals surface area contributed by atoms with Crippen LogP contribution in [-0.4, -0.2) is 19.7 Å². The Morgan fingerprint density at radius 1 is 1.11 bits per heavy atom. The number of para-hydroxylation sites is 1. The minimum Gasteiger partial charge on any atom is -0.496 e. The first kappa shape index (κ1) is 13.1. The van der Waals surface area contributed by atoms with E-state index in [4.69, 9.17) is 9.47 Å². The Balaban J connectivity index is 2.40. The zero-order valence-electron chi connectivity index (χ0n) is 11.1. The van der Waals surface area contributed by atoms with Gasteiger partial charge in [-0.05, 0) is 30.7 Å². The summed E-state index contributed by atoms with van der Waals surface area (Å²) >= 11 is 0. The van der Waals surface area contributed by atoms with Crippen molar-refractivity contribution < 1.29 is 14.3 Å². The van der Waals surface area contributed by atoms with E-state index in [9.17, 15) is 4.79 Å². The molecule has 0 spiro atoms. The van der Waals surface area contributed by atoms with Gasteiger partial charge in [0.15, 0.2) is 0 Å². The number of carbonyl (C=O) groups excluding carboxylic acids is 1. The fourth-order valence-corrected chi connectivity index (χ4v) is 1.91. The van der Waals surface area contributed by atoms with Crippen LogP contribution in [0.4, 0.5) is 0 Å². The minimum absolute atomic E-state index is 0.306. The summed E-state index contributed by atoms with van der Waals surface area (Å²) in [5.41, 5.74) is 2.43. The predicted molar refractivity (Wildman–Crippen MR) is 74.4 cm³/mol. The van der Waals surface area contributed by atoms with E-state index in [1.165, 1.54) is 0 Å². The van der Waals surface area contributed by atoms with Crippen molar-refractivity contribution in [1.29, 1.82) is 0 Å². The maximum Gasteiger partial charge on any atom is 0.338 e. The number of carbonyl (C=O) groups is 1. The second kappa shape index (κ2) is 6.05. The highest BCUT2D eigenvalue weighted by molar-refractivity contribution is 5.91. The van der Waals surface area contributed by atoms with Gasteiger partial charge in [-0.25, -0.2) is 4.79 Å². The van der Waals surface area contributed by atoms with Crippen molar-refractivity contribution in [2.75, 3.05) is 13.7 Å². The summed E-state index contributed by atoms with van der Waals surface area (Å²) in [5.74, 6) is 0.475. The Bertz CT molecular complexity index is 576. The number of methoxy groups -OCH3 is 1. The molecule has 2 rings (SSSR count). The van der Waals surface area contributed by atoms with E-state index in [-0.39, 0.29) is 5.97 Å². The topological polar surface area (TPSA) is 35.5 Å². The van der Waals surface area contributed by atoms with Gasteiger partial charge in [-0.15, -0.1) is 0 Å². The first-order valence-corrected chi connectivity index (χ1v) is 6.17. The van der Waals surface area contributed by atoms with E-state index in [1.54, 1.807) is 20.1 Å². The van der Waals surface area contributed by atoms with Gasteiger partial charge in [-0.2, -0.15) is 0 Å². The summed E-state index contributed by atoms with van der Waals surface area (Å²) in [6.45, 7) is 2.17. The van der Waals surface area contributed by atoms with Crippen LogP contribution < -0.4 is 4.74 Å². The molecule has 0 amide bonds.